The van der Waals surface area contributed by atoms with Crippen LogP contribution in [0.3, 0.4) is 0 Å². The van der Waals surface area contributed by atoms with Gasteiger partial charge in [0.2, 0.25) is 0 Å². The van der Waals surface area contributed by atoms with Crippen LogP contribution in [0.1, 0.15) is 66.3 Å². The van der Waals surface area contributed by atoms with Gasteiger partial charge in [-0.25, -0.2) is 0 Å². The highest BCUT2D eigenvalue weighted by atomic mass is 32.1. The van der Waals surface area contributed by atoms with Crippen molar-refractivity contribution in [3.8, 4) is 0 Å². The van der Waals surface area contributed by atoms with E-state index >= 15 is 0 Å². The number of fused-ring (bicyclic) bond motifs is 9. The molecule has 2 nitrogen and oxygen atoms in total. The molecule has 236 valence electrons. The van der Waals surface area contributed by atoms with Crippen molar-refractivity contribution in [2.24, 2.45) is 5.92 Å². The number of benzene rings is 5. The SMILES string of the molecule is Cc1ccc(N2c3ccc(C)cc3B3c4sc5ccc(C)cc5c4N(c4ccc(C)cc4)c4cc(C56CCC(CC5)CC6)cc2c43)cc1. The van der Waals surface area contributed by atoms with E-state index in [-0.39, 0.29) is 12.1 Å². The van der Waals surface area contributed by atoms with Gasteiger partial charge in [0, 0.05) is 43.3 Å². The number of hydrogen-bond donors (Lipinski definition) is 0. The van der Waals surface area contributed by atoms with E-state index in [4.69, 9.17) is 0 Å². The van der Waals surface area contributed by atoms with Gasteiger partial charge in [0.1, 0.15) is 0 Å². The zero-order valence-corrected chi connectivity index (χ0v) is 29.3. The minimum Gasteiger partial charge on any atom is -0.311 e. The molecule has 11 rings (SSSR count). The summed E-state index contributed by atoms with van der Waals surface area (Å²) in [5, 5.41) is 1.37. The molecule has 4 heteroatoms. The summed E-state index contributed by atoms with van der Waals surface area (Å²) in [6.07, 6.45) is 8.07. The van der Waals surface area contributed by atoms with Gasteiger partial charge in [0.25, 0.3) is 6.71 Å². The highest BCUT2D eigenvalue weighted by Gasteiger charge is 2.48. The van der Waals surface area contributed by atoms with Crippen LogP contribution in [0.15, 0.2) is 97.1 Å². The van der Waals surface area contributed by atoms with Crippen LogP contribution in [0.4, 0.5) is 34.1 Å². The largest absolute Gasteiger partial charge is 0.311 e. The normalized spacial score (nSPS) is 20.6. The summed E-state index contributed by atoms with van der Waals surface area (Å²) >= 11 is 2.00. The van der Waals surface area contributed by atoms with Crippen molar-refractivity contribution in [3.05, 3.63) is 125 Å². The number of anilines is 6. The molecule has 3 fully saturated rings. The average Bonchev–Trinajstić information content (AvgIpc) is 3.48. The maximum absolute atomic E-state index is 2.66. The Labute approximate surface area is 289 Å². The fourth-order valence-corrected chi connectivity index (χ4v) is 10.9. The zero-order chi connectivity index (χ0) is 32.3. The van der Waals surface area contributed by atoms with E-state index in [1.807, 2.05) is 11.3 Å². The molecule has 48 heavy (non-hydrogen) atoms. The zero-order valence-electron chi connectivity index (χ0n) is 28.4. The highest BCUT2D eigenvalue weighted by molar-refractivity contribution is 7.33. The monoisotopic (exact) mass is 640 g/mol. The third kappa shape index (κ3) is 4.11. The molecular weight excluding hydrogens is 599 g/mol. The van der Waals surface area contributed by atoms with E-state index in [0.717, 1.165) is 5.92 Å². The van der Waals surface area contributed by atoms with Crippen molar-refractivity contribution in [3.63, 3.8) is 0 Å². The number of hydrogen-bond acceptors (Lipinski definition) is 3. The Morgan fingerprint density at radius 3 is 1.83 bits per heavy atom. The standard InChI is InChI=1S/C44H41BN2S/c1-27-5-11-33(12-6-27)46-37-15-9-30(4)24-36(37)45-41-38(46)25-32(44-20-17-31(18-21-44)19-22-44)26-39(41)47(34-13-7-28(2)8-14-34)42-35-23-29(3)10-16-40(35)48-43(42)45/h5-16,23-26,31H,17-22H2,1-4H3. The molecule has 0 saturated heterocycles. The van der Waals surface area contributed by atoms with Crippen molar-refractivity contribution in [2.45, 2.75) is 71.6 Å². The molecule has 5 aliphatic rings. The molecule has 0 amide bonds. The third-order valence-corrected chi connectivity index (χ3v) is 13.5. The lowest BCUT2D eigenvalue weighted by Crippen LogP contribution is -2.60. The van der Waals surface area contributed by atoms with Crippen LogP contribution in [-0.4, -0.2) is 6.71 Å². The van der Waals surface area contributed by atoms with Gasteiger partial charge < -0.3 is 9.80 Å². The topological polar surface area (TPSA) is 6.48 Å². The van der Waals surface area contributed by atoms with Crippen LogP contribution in [-0.2, 0) is 5.41 Å². The van der Waals surface area contributed by atoms with Crippen molar-refractivity contribution in [1.29, 1.82) is 0 Å². The summed E-state index contributed by atoms with van der Waals surface area (Å²) in [7, 11) is 0. The lowest BCUT2D eigenvalue weighted by Gasteiger charge is -2.49. The minimum atomic E-state index is 0.176. The number of thiophene rings is 1. The Morgan fingerprint density at radius 1 is 0.604 bits per heavy atom. The Hall–Kier alpha value is -4.28. The highest BCUT2D eigenvalue weighted by Crippen LogP contribution is 2.55. The lowest BCUT2D eigenvalue weighted by atomic mass is 9.36. The van der Waals surface area contributed by atoms with E-state index in [0.29, 0.717) is 0 Å². The molecule has 0 N–H and O–H groups in total. The minimum absolute atomic E-state index is 0.176. The molecule has 1 aromatic heterocycles. The Balaban J connectivity index is 1.35. The molecule has 0 spiro atoms. The van der Waals surface area contributed by atoms with E-state index in [2.05, 4.69) is 135 Å². The maximum Gasteiger partial charge on any atom is 0.264 e. The molecular formula is C44H41BN2S. The maximum atomic E-state index is 2.66. The smallest absolute Gasteiger partial charge is 0.264 e. The molecule has 0 unspecified atom stereocenters. The molecule has 6 aromatic rings. The van der Waals surface area contributed by atoms with Crippen LogP contribution in [0, 0.1) is 33.6 Å². The van der Waals surface area contributed by atoms with E-state index in [9.17, 15) is 0 Å². The van der Waals surface area contributed by atoms with Crippen molar-refractivity contribution >= 4 is 78.0 Å². The number of rotatable bonds is 3. The molecule has 3 aliphatic carbocycles. The quantitative estimate of drug-likeness (QED) is 0.177. The summed E-state index contributed by atoms with van der Waals surface area (Å²) in [6.45, 7) is 9.06. The summed E-state index contributed by atoms with van der Waals surface area (Å²) < 4.78 is 2.83. The first-order chi connectivity index (χ1) is 23.4. The summed E-state index contributed by atoms with van der Waals surface area (Å²) in [5.41, 5.74) is 17.8. The Kier molecular flexibility index (Phi) is 6.20. The third-order valence-electron chi connectivity index (χ3n) is 12.3. The fraction of sp³-hybridized carbons (Fsp3) is 0.273. The summed E-state index contributed by atoms with van der Waals surface area (Å²) in [5.74, 6) is 0.929. The van der Waals surface area contributed by atoms with Gasteiger partial charge in [-0.15, -0.1) is 11.3 Å². The first-order valence-corrected chi connectivity index (χ1v) is 18.7. The molecule has 2 aliphatic heterocycles. The molecule has 0 atom stereocenters. The van der Waals surface area contributed by atoms with E-state index in [1.54, 1.807) is 5.56 Å². The number of nitrogens with zero attached hydrogens (tertiary/aromatic N) is 2. The van der Waals surface area contributed by atoms with Gasteiger partial charge in [-0.1, -0.05) is 64.7 Å². The summed E-state index contributed by atoms with van der Waals surface area (Å²) in [6, 6.07) is 38.1. The van der Waals surface area contributed by atoms with Gasteiger partial charge in [0.15, 0.2) is 0 Å². The van der Waals surface area contributed by atoms with Crippen LogP contribution in [0.2, 0.25) is 0 Å². The molecule has 5 aromatic carbocycles. The van der Waals surface area contributed by atoms with Crippen LogP contribution in [0.5, 0.6) is 0 Å². The summed E-state index contributed by atoms with van der Waals surface area (Å²) in [4.78, 5) is 5.26. The molecule has 3 heterocycles. The first-order valence-electron chi connectivity index (χ1n) is 17.9. The molecule has 2 bridgehead atoms. The second-order valence-electron chi connectivity index (χ2n) is 15.3. The van der Waals surface area contributed by atoms with Gasteiger partial charge in [-0.05, 0) is 149 Å². The molecule has 0 radical (unpaired) electrons. The van der Waals surface area contributed by atoms with Crippen LogP contribution >= 0.6 is 11.3 Å². The Morgan fingerprint density at radius 2 is 1.17 bits per heavy atom. The second-order valence-corrected chi connectivity index (χ2v) is 16.4. The van der Waals surface area contributed by atoms with Gasteiger partial charge in [-0.2, -0.15) is 0 Å². The average molecular weight is 641 g/mol. The van der Waals surface area contributed by atoms with Crippen molar-refractivity contribution in [2.75, 3.05) is 9.80 Å². The lowest BCUT2D eigenvalue weighted by molar-refractivity contribution is 0.136. The van der Waals surface area contributed by atoms with Crippen LogP contribution in [0.25, 0.3) is 10.1 Å². The Bertz CT molecular complexity index is 2240. The van der Waals surface area contributed by atoms with Crippen LogP contribution < -0.4 is 25.5 Å². The molecule has 3 saturated carbocycles. The van der Waals surface area contributed by atoms with Gasteiger partial charge in [-0.3, -0.25) is 0 Å². The van der Waals surface area contributed by atoms with Gasteiger partial charge >= 0.3 is 0 Å². The predicted octanol–water partition coefficient (Wildman–Crippen LogP) is 10.4. The first kappa shape index (κ1) is 28.7. The van der Waals surface area contributed by atoms with Crippen molar-refractivity contribution in [1.82, 2.24) is 0 Å². The van der Waals surface area contributed by atoms with E-state index in [1.165, 1.54) is 121 Å². The fourth-order valence-electron chi connectivity index (χ4n) is 9.64. The van der Waals surface area contributed by atoms with Gasteiger partial charge in [0.05, 0.1) is 5.69 Å². The number of aryl methyl sites for hydroxylation is 4. The van der Waals surface area contributed by atoms with E-state index < -0.39 is 0 Å². The predicted molar refractivity (Wildman–Crippen MR) is 208 cm³/mol. The second kappa shape index (κ2) is 10.4. The van der Waals surface area contributed by atoms with Crippen molar-refractivity contribution < 1.29 is 0 Å².